The molecule has 16 heteroatoms. The van der Waals surface area contributed by atoms with Gasteiger partial charge in [0.05, 0.1) is 19.4 Å². The monoisotopic (exact) mass is 718 g/mol. The van der Waals surface area contributed by atoms with Crippen molar-refractivity contribution in [1.29, 1.82) is 0 Å². The van der Waals surface area contributed by atoms with Crippen molar-refractivity contribution in [2.24, 2.45) is 0 Å². The molecule has 1 unspecified atom stereocenters. The number of hydrogen-bond acceptors (Lipinski definition) is 10. The molecule has 14 nitrogen and oxygen atoms in total. The number of nitrogens with one attached hydrogen (secondary N) is 2. The molecule has 4 N–H and O–H groups in total. The van der Waals surface area contributed by atoms with Gasteiger partial charge in [-0.25, -0.2) is 4.98 Å². The third kappa shape index (κ3) is 7.16. The molecule has 2 aromatic heterocycles. The van der Waals surface area contributed by atoms with Gasteiger partial charge in [0.15, 0.2) is 17.8 Å². The number of aromatic nitrogens is 4. The normalized spacial score (nSPS) is 19.7. The van der Waals surface area contributed by atoms with Crippen molar-refractivity contribution in [2.75, 3.05) is 18.5 Å². The van der Waals surface area contributed by atoms with Crippen LogP contribution in [0.4, 0.5) is 5.95 Å². The first-order valence-corrected chi connectivity index (χ1v) is 18.9. The van der Waals surface area contributed by atoms with E-state index in [1.54, 1.807) is 24.3 Å². The van der Waals surface area contributed by atoms with Gasteiger partial charge in [-0.05, 0) is 27.5 Å². The third-order valence-corrected chi connectivity index (χ3v) is 14.0. The topological polar surface area (TPSA) is 187 Å². The number of hydrogen-bond donors (Lipinski definition) is 4. The molecule has 1 amide bonds. The fourth-order valence-corrected chi connectivity index (χ4v) is 11.3. The molecule has 0 saturated carbocycles. The molecule has 50 heavy (non-hydrogen) atoms. The van der Waals surface area contributed by atoms with E-state index in [1.165, 1.54) is 10.9 Å². The van der Waals surface area contributed by atoms with E-state index in [-0.39, 0.29) is 36.7 Å². The van der Waals surface area contributed by atoms with Crippen molar-refractivity contribution >= 4 is 50.0 Å². The fourth-order valence-electron chi connectivity index (χ4n) is 6.28. The first-order valence-electron chi connectivity index (χ1n) is 15.8. The molecule has 1 aliphatic heterocycles. The van der Waals surface area contributed by atoms with Crippen LogP contribution in [-0.4, -0.2) is 68.8 Å². The molecular weight excluding hydrogens is 681 g/mol. The number of amides is 1. The highest BCUT2D eigenvalue weighted by Crippen LogP contribution is 2.44. The van der Waals surface area contributed by atoms with Crippen LogP contribution in [0.2, 0.25) is 5.04 Å². The van der Waals surface area contributed by atoms with Crippen molar-refractivity contribution in [2.45, 2.75) is 50.3 Å². The van der Waals surface area contributed by atoms with Crippen LogP contribution in [-0.2, 0) is 23.0 Å². The van der Waals surface area contributed by atoms with E-state index in [1.807, 2.05) is 66.7 Å². The van der Waals surface area contributed by atoms with E-state index in [9.17, 15) is 24.2 Å². The summed E-state index contributed by atoms with van der Waals surface area (Å²) >= 11 is 0. The highest BCUT2D eigenvalue weighted by atomic mass is 31.1. The molecule has 0 spiro atoms. The number of imidazole rings is 1. The summed E-state index contributed by atoms with van der Waals surface area (Å²) in [4.78, 5) is 46.4. The summed E-state index contributed by atoms with van der Waals surface area (Å²) in [7, 11) is -6.39. The zero-order valence-electron chi connectivity index (χ0n) is 27.6. The van der Waals surface area contributed by atoms with Crippen molar-refractivity contribution in [3.63, 3.8) is 0 Å². The second kappa shape index (κ2) is 14.3. The average molecular weight is 719 g/mol. The highest BCUT2D eigenvalue weighted by Gasteiger charge is 2.58. The summed E-state index contributed by atoms with van der Waals surface area (Å²) in [5.74, 6) is -2.53. The van der Waals surface area contributed by atoms with E-state index < -0.39 is 51.2 Å². The predicted molar refractivity (Wildman–Crippen MR) is 187 cm³/mol. The minimum Gasteiger partial charge on any atom is -0.484 e. The molecule has 1 fully saturated rings. The van der Waals surface area contributed by atoms with E-state index in [0.29, 0.717) is 5.75 Å². The van der Waals surface area contributed by atoms with Crippen LogP contribution in [0.3, 0.4) is 0 Å². The molecule has 3 heterocycles. The van der Waals surface area contributed by atoms with Crippen LogP contribution < -0.4 is 26.0 Å². The Hall–Kier alpha value is -4.60. The zero-order valence-corrected chi connectivity index (χ0v) is 29.4. The van der Waals surface area contributed by atoms with Crippen molar-refractivity contribution < 1.29 is 37.8 Å². The molecular formula is C34H37N5O9PSi+. The minimum absolute atomic E-state index is 0.0299. The lowest BCUT2D eigenvalue weighted by atomic mass is 10.1. The zero-order chi connectivity index (χ0) is 35.5. The van der Waals surface area contributed by atoms with Crippen molar-refractivity contribution in [3.05, 3.63) is 108 Å². The first-order chi connectivity index (χ1) is 23.9. The number of fused-ring (bicyclic) bond motifs is 1. The molecule has 3 aromatic carbocycles. The van der Waals surface area contributed by atoms with E-state index in [4.69, 9.17) is 18.4 Å². The number of aliphatic hydroxyl groups is 1. The lowest BCUT2D eigenvalue weighted by Crippen LogP contribution is -2.67. The molecule has 0 radical (unpaired) electrons. The Morgan fingerprint density at radius 3 is 2.24 bits per heavy atom. The number of aromatic amines is 1. The van der Waals surface area contributed by atoms with Gasteiger partial charge >= 0.3 is 8.25 Å². The molecule has 4 atom stereocenters. The maximum atomic E-state index is 12.9. The molecule has 1 saturated heterocycles. The van der Waals surface area contributed by atoms with Gasteiger partial charge in [-0.1, -0.05) is 104 Å². The van der Waals surface area contributed by atoms with E-state index >= 15 is 0 Å². The molecule has 6 rings (SSSR count). The van der Waals surface area contributed by atoms with Crippen LogP contribution in [0, 0.1) is 0 Å². The molecule has 1 aliphatic rings. The van der Waals surface area contributed by atoms with Gasteiger partial charge in [0, 0.05) is 4.57 Å². The Morgan fingerprint density at radius 2 is 1.66 bits per heavy atom. The van der Waals surface area contributed by atoms with Crippen LogP contribution in [0.5, 0.6) is 5.75 Å². The third-order valence-electron chi connectivity index (χ3n) is 8.51. The van der Waals surface area contributed by atoms with Gasteiger partial charge in [-0.15, -0.1) is 4.89 Å². The Bertz CT molecular complexity index is 1990. The largest absolute Gasteiger partial charge is 0.697 e. The van der Waals surface area contributed by atoms with Crippen molar-refractivity contribution in [1.82, 2.24) is 19.5 Å². The second-order valence-electron chi connectivity index (χ2n) is 12.8. The van der Waals surface area contributed by atoms with Gasteiger partial charge in [-0.3, -0.25) is 24.5 Å². The maximum absolute atomic E-state index is 12.9. The first kappa shape index (κ1) is 35.2. The van der Waals surface area contributed by atoms with Gasteiger partial charge in [-0.2, -0.15) is 4.98 Å². The lowest BCUT2D eigenvalue weighted by Gasteiger charge is -2.43. The van der Waals surface area contributed by atoms with Gasteiger partial charge < -0.3 is 19.0 Å². The van der Waals surface area contributed by atoms with Crippen LogP contribution >= 0.6 is 8.25 Å². The predicted octanol–water partition coefficient (Wildman–Crippen LogP) is 3.36. The molecule has 5 aromatic rings. The number of ether oxygens (including phenoxy) is 2. The Morgan fingerprint density at radius 1 is 1.06 bits per heavy atom. The minimum atomic E-state index is -3.27. The maximum Gasteiger partial charge on any atom is 0.697 e. The number of benzene rings is 3. The number of carbonyl (C=O) groups is 1. The number of anilines is 1. The standard InChI is InChI=1S/C34H36N5O9PSi/c1-33(2,3)50(24-15-9-5-10-16-24,25-17-11-6-12-18-25)46-20-26-34(42,48-49(43)44)19-28(47-26)39-22-35-29-30(39)37-32(38-31(29)41)36-27(40)21-45-23-13-7-4-8-14-23/h4-18,22,26,28,42H,19-21H2,1-3H3,(H2-,36,37,38,40,41,43,44)/p+1/t26-,28-,34-/m1/s1. The SMILES string of the molecule is CC(C)(C)[Si](OC[C@H]1O[C@@H](n2cnc3c(=O)[nH]c(NC(=O)COc4ccccc4)nc32)C[C@@]1(O)O[P+](=O)O)(c1ccccc1)c1ccccc1. The number of rotatable bonds is 12. The second-order valence-corrected chi connectivity index (χ2v) is 17.8. The average Bonchev–Trinajstić information content (AvgIpc) is 3.65. The number of nitrogens with zero attached hydrogens (tertiary/aromatic N) is 3. The van der Waals surface area contributed by atoms with Crippen LogP contribution in [0.25, 0.3) is 11.2 Å². The van der Waals surface area contributed by atoms with E-state index in [0.717, 1.165) is 10.4 Å². The van der Waals surface area contributed by atoms with Crippen molar-refractivity contribution in [3.8, 4) is 5.75 Å². The molecule has 260 valence electrons. The summed E-state index contributed by atoms with van der Waals surface area (Å²) in [6, 6.07) is 28.4. The smallest absolute Gasteiger partial charge is 0.484 e. The molecule has 0 aliphatic carbocycles. The Balaban J connectivity index is 1.29. The van der Waals surface area contributed by atoms with Gasteiger partial charge in [0.25, 0.3) is 25.6 Å². The lowest BCUT2D eigenvalue weighted by molar-refractivity contribution is -0.183. The van der Waals surface area contributed by atoms with Crippen LogP contribution in [0.15, 0.2) is 102 Å². The number of H-pyrrole nitrogens is 1. The quantitative estimate of drug-likeness (QED) is 0.0842. The number of carbonyl (C=O) groups excluding carboxylic acids is 1. The Kier molecular flexibility index (Phi) is 10.1. The highest BCUT2D eigenvalue weighted by molar-refractivity contribution is 7.32. The van der Waals surface area contributed by atoms with Gasteiger partial charge in [0.2, 0.25) is 5.95 Å². The number of para-hydroxylation sites is 1. The fraction of sp³-hybridized carbons (Fsp3) is 0.294. The molecule has 0 bridgehead atoms. The summed E-state index contributed by atoms with van der Waals surface area (Å²) < 4.78 is 37.3. The summed E-state index contributed by atoms with van der Waals surface area (Å²) in [5, 5.41) is 15.8. The summed E-state index contributed by atoms with van der Waals surface area (Å²) in [6.45, 7) is 5.72. The van der Waals surface area contributed by atoms with Crippen LogP contribution in [0.1, 0.15) is 33.4 Å². The van der Waals surface area contributed by atoms with Gasteiger partial charge in [0.1, 0.15) is 18.1 Å². The Labute approximate surface area is 289 Å². The summed E-state index contributed by atoms with van der Waals surface area (Å²) in [6.07, 6.45) is -1.36. The summed E-state index contributed by atoms with van der Waals surface area (Å²) in [5.41, 5.74) is -0.665. The van der Waals surface area contributed by atoms with E-state index in [2.05, 4.69) is 41.0 Å².